The fourth-order valence-electron chi connectivity index (χ4n) is 1.79. The van der Waals surface area contributed by atoms with Gasteiger partial charge >= 0.3 is 0 Å². The third-order valence-electron chi connectivity index (χ3n) is 2.57. The lowest BCUT2D eigenvalue weighted by Crippen LogP contribution is -2.40. The molecule has 1 fully saturated rings. The van der Waals surface area contributed by atoms with Gasteiger partial charge in [0.15, 0.2) is 0 Å². The molecule has 78 valence electrons. The number of aryl methyl sites for hydroxylation is 1. The monoisotopic (exact) mass is 195 g/mol. The van der Waals surface area contributed by atoms with Crippen molar-refractivity contribution in [2.45, 2.75) is 31.9 Å². The summed E-state index contributed by atoms with van der Waals surface area (Å²) in [6.45, 7) is 2.87. The topological polar surface area (TPSA) is 39.1 Å². The fourth-order valence-corrected chi connectivity index (χ4v) is 1.79. The maximum Gasteiger partial charge on any atom is 0.0728 e. The second-order valence-corrected chi connectivity index (χ2v) is 3.79. The van der Waals surface area contributed by atoms with E-state index in [0.29, 0.717) is 12.1 Å². The van der Waals surface area contributed by atoms with Crippen LogP contribution in [0.4, 0.5) is 5.69 Å². The van der Waals surface area contributed by atoms with Crippen LogP contribution in [0.3, 0.4) is 0 Å². The zero-order chi connectivity index (χ0) is 9.97. The Labute approximate surface area is 84.3 Å². The highest BCUT2D eigenvalue weighted by Gasteiger charge is 2.29. The van der Waals surface area contributed by atoms with Crippen molar-refractivity contribution in [3.8, 4) is 0 Å². The average molecular weight is 195 g/mol. The van der Waals surface area contributed by atoms with E-state index < -0.39 is 0 Å². The van der Waals surface area contributed by atoms with E-state index in [1.807, 2.05) is 26.4 Å². The molecule has 2 rings (SSSR count). The summed E-state index contributed by atoms with van der Waals surface area (Å²) < 4.78 is 7.30. The van der Waals surface area contributed by atoms with Crippen molar-refractivity contribution in [2.75, 3.05) is 11.9 Å². The molecule has 4 heteroatoms. The van der Waals surface area contributed by atoms with Crippen LogP contribution in [0.15, 0.2) is 12.4 Å². The average Bonchev–Trinajstić information content (AvgIpc) is 2.48. The van der Waals surface area contributed by atoms with Gasteiger partial charge in [0.25, 0.3) is 0 Å². The first-order valence-electron chi connectivity index (χ1n) is 5.14. The van der Waals surface area contributed by atoms with Gasteiger partial charge in [-0.3, -0.25) is 4.68 Å². The number of nitrogens with one attached hydrogen (secondary N) is 1. The number of anilines is 1. The van der Waals surface area contributed by atoms with Crippen molar-refractivity contribution in [2.24, 2.45) is 7.05 Å². The first-order chi connectivity index (χ1) is 6.78. The maximum absolute atomic E-state index is 5.49. The molecule has 0 saturated heterocycles. The Balaban J connectivity index is 1.74. The second-order valence-electron chi connectivity index (χ2n) is 3.79. The lowest BCUT2D eigenvalue weighted by molar-refractivity contribution is 0.00299. The number of hydrogen-bond acceptors (Lipinski definition) is 3. The molecule has 0 aliphatic heterocycles. The molecule has 0 spiro atoms. The summed E-state index contributed by atoms with van der Waals surface area (Å²) in [6, 6.07) is 0.566. The third-order valence-corrected chi connectivity index (χ3v) is 2.57. The van der Waals surface area contributed by atoms with Gasteiger partial charge in [-0.05, 0) is 19.8 Å². The van der Waals surface area contributed by atoms with Crippen molar-refractivity contribution < 1.29 is 4.74 Å². The van der Waals surface area contributed by atoms with Crippen LogP contribution in [0.1, 0.15) is 19.8 Å². The van der Waals surface area contributed by atoms with E-state index in [-0.39, 0.29) is 0 Å². The SMILES string of the molecule is CCOC1CC(Nc2cnn(C)c2)C1. The molecule has 1 aliphatic rings. The summed E-state index contributed by atoms with van der Waals surface area (Å²) in [4.78, 5) is 0. The molecule has 1 aromatic rings. The molecule has 0 bridgehead atoms. The molecule has 4 nitrogen and oxygen atoms in total. The predicted octanol–water partition coefficient (Wildman–Crippen LogP) is 1.40. The van der Waals surface area contributed by atoms with Gasteiger partial charge in [0.05, 0.1) is 18.0 Å². The van der Waals surface area contributed by atoms with E-state index in [4.69, 9.17) is 4.74 Å². The number of hydrogen-bond donors (Lipinski definition) is 1. The highest BCUT2D eigenvalue weighted by atomic mass is 16.5. The highest BCUT2D eigenvalue weighted by molar-refractivity contribution is 5.39. The molecule has 1 aromatic heterocycles. The molecule has 14 heavy (non-hydrogen) atoms. The Hall–Kier alpha value is -1.03. The van der Waals surface area contributed by atoms with Gasteiger partial charge in [-0.1, -0.05) is 0 Å². The minimum absolute atomic E-state index is 0.467. The number of ether oxygens (including phenoxy) is 1. The number of nitrogens with zero attached hydrogens (tertiary/aromatic N) is 2. The minimum atomic E-state index is 0.467. The van der Waals surface area contributed by atoms with Gasteiger partial charge < -0.3 is 10.1 Å². The Morgan fingerprint density at radius 2 is 2.43 bits per heavy atom. The zero-order valence-corrected chi connectivity index (χ0v) is 8.73. The molecule has 1 N–H and O–H groups in total. The van der Waals surface area contributed by atoms with Crippen LogP contribution in [0.2, 0.25) is 0 Å². The van der Waals surface area contributed by atoms with E-state index in [9.17, 15) is 0 Å². The van der Waals surface area contributed by atoms with Gasteiger partial charge in [0, 0.05) is 25.9 Å². The van der Waals surface area contributed by atoms with Crippen molar-refractivity contribution in [1.29, 1.82) is 0 Å². The Bertz CT molecular complexity index is 291. The van der Waals surface area contributed by atoms with Gasteiger partial charge in [-0.15, -0.1) is 0 Å². The van der Waals surface area contributed by atoms with Crippen LogP contribution in [0.5, 0.6) is 0 Å². The van der Waals surface area contributed by atoms with Crippen molar-refractivity contribution in [3.63, 3.8) is 0 Å². The van der Waals surface area contributed by atoms with Crippen LogP contribution in [0, 0.1) is 0 Å². The smallest absolute Gasteiger partial charge is 0.0728 e. The molecule has 0 amide bonds. The fraction of sp³-hybridized carbons (Fsp3) is 0.700. The molecule has 0 atom stereocenters. The Kier molecular flexibility index (Phi) is 2.72. The summed E-state index contributed by atoms with van der Waals surface area (Å²) in [5.41, 5.74) is 1.10. The Morgan fingerprint density at radius 3 is 3.00 bits per heavy atom. The van der Waals surface area contributed by atoms with Gasteiger partial charge in [0.1, 0.15) is 0 Å². The van der Waals surface area contributed by atoms with Crippen LogP contribution in [0.25, 0.3) is 0 Å². The lowest BCUT2D eigenvalue weighted by Gasteiger charge is -2.35. The lowest BCUT2D eigenvalue weighted by atomic mass is 9.89. The van der Waals surface area contributed by atoms with E-state index in [0.717, 1.165) is 25.1 Å². The minimum Gasteiger partial charge on any atom is -0.380 e. The van der Waals surface area contributed by atoms with Crippen LogP contribution in [-0.2, 0) is 11.8 Å². The number of aromatic nitrogens is 2. The largest absolute Gasteiger partial charge is 0.380 e. The Morgan fingerprint density at radius 1 is 1.64 bits per heavy atom. The van der Waals surface area contributed by atoms with Crippen LogP contribution in [-0.4, -0.2) is 28.5 Å². The van der Waals surface area contributed by atoms with Crippen molar-refractivity contribution >= 4 is 5.69 Å². The van der Waals surface area contributed by atoms with E-state index in [1.54, 1.807) is 4.68 Å². The standard InChI is InChI=1S/C10H17N3O/c1-3-14-10-4-8(5-10)12-9-6-11-13(2)7-9/h6-8,10,12H,3-5H2,1-2H3. The quantitative estimate of drug-likeness (QED) is 0.789. The molecule has 1 aliphatic carbocycles. The van der Waals surface area contributed by atoms with Gasteiger partial charge in [-0.2, -0.15) is 5.10 Å². The van der Waals surface area contributed by atoms with Crippen LogP contribution >= 0.6 is 0 Å². The normalized spacial score (nSPS) is 25.9. The zero-order valence-electron chi connectivity index (χ0n) is 8.73. The molecule has 0 radical (unpaired) electrons. The maximum atomic E-state index is 5.49. The van der Waals surface area contributed by atoms with Crippen molar-refractivity contribution in [3.05, 3.63) is 12.4 Å². The van der Waals surface area contributed by atoms with Gasteiger partial charge in [0.2, 0.25) is 0 Å². The predicted molar refractivity (Wildman–Crippen MR) is 55.3 cm³/mol. The summed E-state index contributed by atoms with van der Waals surface area (Å²) in [7, 11) is 1.93. The third kappa shape index (κ3) is 2.07. The van der Waals surface area contributed by atoms with E-state index in [1.165, 1.54) is 0 Å². The van der Waals surface area contributed by atoms with Crippen LogP contribution < -0.4 is 5.32 Å². The summed E-state index contributed by atoms with van der Waals surface area (Å²) in [6.07, 6.45) is 6.54. The van der Waals surface area contributed by atoms with Crippen molar-refractivity contribution in [1.82, 2.24) is 9.78 Å². The van der Waals surface area contributed by atoms with Gasteiger partial charge in [-0.25, -0.2) is 0 Å². The molecule has 1 saturated carbocycles. The number of rotatable bonds is 4. The summed E-state index contributed by atoms with van der Waals surface area (Å²) >= 11 is 0. The van der Waals surface area contributed by atoms with E-state index in [2.05, 4.69) is 10.4 Å². The highest BCUT2D eigenvalue weighted by Crippen LogP contribution is 2.26. The first kappa shape index (κ1) is 9.52. The first-order valence-corrected chi connectivity index (χ1v) is 5.14. The summed E-state index contributed by atoms with van der Waals surface area (Å²) in [5, 5.41) is 7.53. The molecular weight excluding hydrogens is 178 g/mol. The molecule has 1 heterocycles. The molecule has 0 unspecified atom stereocenters. The van der Waals surface area contributed by atoms with E-state index >= 15 is 0 Å². The summed E-state index contributed by atoms with van der Waals surface area (Å²) in [5.74, 6) is 0. The molecule has 0 aromatic carbocycles. The molecular formula is C10H17N3O. The second kappa shape index (κ2) is 4.00.